The van der Waals surface area contributed by atoms with Crippen LogP contribution in [0.2, 0.25) is 0 Å². The van der Waals surface area contributed by atoms with Crippen LogP contribution in [0.4, 0.5) is 26.7 Å². The van der Waals surface area contributed by atoms with Crippen LogP contribution >= 0.6 is 0 Å². The van der Waals surface area contributed by atoms with Crippen LogP contribution in [0, 0.1) is 21.5 Å². The van der Waals surface area contributed by atoms with Crippen molar-refractivity contribution >= 4 is 15.8 Å². The molecule has 10 nitrogen and oxygen atoms in total. The summed E-state index contributed by atoms with van der Waals surface area (Å²) in [4.78, 5) is 19.5. The summed E-state index contributed by atoms with van der Waals surface area (Å²) in [6.07, 6.45) is 3.74. The van der Waals surface area contributed by atoms with Crippen molar-refractivity contribution < 1.29 is 31.0 Å². The molecule has 0 aromatic carbocycles. The highest BCUT2D eigenvalue weighted by atomic mass is 32.2. The first-order valence-electron chi connectivity index (χ1n) is 11.9. The summed E-state index contributed by atoms with van der Waals surface area (Å²) in [6, 6.07) is 0.0290. The van der Waals surface area contributed by atoms with Gasteiger partial charge in [-0.2, -0.15) is 18.3 Å². The van der Waals surface area contributed by atoms with E-state index < -0.39 is 32.4 Å². The van der Waals surface area contributed by atoms with Crippen molar-refractivity contribution in [3.63, 3.8) is 0 Å². The van der Waals surface area contributed by atoms with Crippen LogP contribution in [-0.2, 0) is 16.3 Å². The van der Waals surface area contributed by atoms with Crippen LogP contribution in [-0.4, -0.2) is 76.3 Å². The lowest BCUT2D eigenvalue weighted by molar-refractivity contribution is -0.109. The van der Waals surface area contributed by atoms with E-state index in [1.807, 2.05) is 9.80 Å². The number of carbonyl (C=O) groups is 1. The Morgan fingerprint density at radius 3 is 2.24 bits per heavy atom. The maximum atomic E-state index is 12.8. The van der Waals surface area contributed by atoms with E-state index in [1.165, 1.54) is 15.7 Å². The maximum Gasteiger partial charge on any atom is 0.483 e. The number of urea groups is 1. The fourth-order valence-corrected chi connectivity index (χ4v) is 7.22. The largest absolute Gasteiger partial charge is 0.483 e. The van der Waals surface area contributed by atoms with Gasteiger partial charge in [0.2, 0.25) is 5.82 Å². The number of nitrogens with zero attached hydrogens (tertiary/aromatic N) is 7. The molecule has 4 fully saturated rings. The molecule has 16 heteroatoms. The molecule has 2 aliphatic heterocycles. The number of nitrogens with one attached hydrogen (secondary N) is 1. The number of aromatic nitrogens is 5. The molecule has 2 aliphatic carbocycles. The Morgan fingerprint density at radius 1 is 1.11 bits per heavy atom. The van der Waals surface area contributed by atoms with Gasteiger partial charge in [0.25, 0.3) is 6.43 Å². The normalized spacial score (nSPS) is 24.5. The molecule has 6 rings (SSSR count). The molecule has 202 valence electrons. The van der Waals surface area contributed by atoms with E-state index in [1.54, 1.807) is 0 Å². The highest BCUT2D eigenvalue weighted by molar-refractivity contribution is 7.93. The first kappa shape index (κ1) is 24.6. The van der Waals surface area contributed by atoms with E-state index in [0.717, 1.165) is 38.1 Å². The summed E-state index contributed by atoms with van der Waals surface area (Å²) in [5.41, 5.74) is -5.08. The zero-order valence-corrected chi connectivity index (χ0v) is 20.4. The molecule has 4 heterocycles. The third-order valence-corrected chi connectivity index (χ3v) is 9.76. The Morgan fingerprint density at radius 2 is 1.70 bits per heavy atom. The van der Waals surface area contributed by atoms with Gasteiger partial charge in [-0.25, -0.2) is 32.2 Å². The topological polar surface area (TPSA) is 113 Å². The van der Waals surface area contributed by atoms with E-state index in [-0.39, 0.29) is 28.8 Å². The van der Waals surface area contributed by atoms with Gasteiger partial charge in [0, 0.05) is 49.8 Å². The van der Waals surface area contributed by atoms with Crippen molar-refractivity contribution in [3.05, 3.63) is 24.5 Å². The predicted octanol–water partition coefficient (Wildman–Crippen LogP) is 3.51. The second-order valence-corrected chi connectivity index (χ2v) is 13.2. The lowest BCUT2D eigenvalue weighted by atomic mass is 9.57. The van der Waals surface area contributed by atoms with Gasteiger partial charge in [0.05, 0.1) is 17.1 Å². The number of halogens is 5. The molecule has 2 spiro atoms. The molecule has 1 atom stereocenters. The average molecular weight is 549 g/mol. The van der Waals surface area contributed by atoms with Crippen molar-refractivity contribution in [2.75, 3.05) is 26.2 Å². The molecule has 37 heavy (non-hydrogen) atoms. The highest BCUT2D eigenvalue weighted by Gasteiger charge is 2.58. The van der Waals surface area contributed by atoms with Crippen molar-refractivity contribution in [1.29, 1.82) is 4.78 Å². The van der Waals surface area contributed by atoms with Gasteiger partial charge in [-0.1, -0.05) is 0 Å². The number of rotatable bonds is 5. The van der Waals surface area contributed by atoms with E-state index >= 15 is 0 Å². The molecule has 2 amide bonds. The Hall–Kier alpha value is -2.78. The number of hydrogen-bond donors (Lipinski definition) is 1. The van der Waals surface area contributed by atoms with Gasteiger partial charge in [-0.15, -0.1) is 5.10 Å². The van der Waals surface area contributed by atoms with Crippen molar-refractivity contribution in [2.24, 2.45) is 16.7 Å². The molecule has 0 radical (unpaired) electrons. The molecule has 1 N–H and O–H groups in total. The minimum Gasteiger partial charge on any atom is -0.323 e. The van der Waals surface area contributed by atoms with E-state index in [2.05, 4.69) is 15.2 Å². The Balaban J connectivity index is 0.931. The van der Waals surface area contributed by atoms with Crippen LogP contribution in [0.15, 0.2) is 23.6 Å². The Kier molecular flexibility index (Phi) is 5.22. The van der Waals surface area contributed by atoms with Gasteiger partial charge < -0.3 is 9.80 Å². The van der Waals surface area contributed by atoms with Gasteiger partial charge in [-0.3, -0.25) is 4.68 Å². The third-order valence-electron chi connectivity index (χ3n) is 8.23. The van der Waals surface area contributed by atoms with Gasteiger partial charge >= 0.3 is 11.5 Å². The molecule has 4 aliphatic rings. The van der Waals surface area contributed by atoms with Crippen molar-refractivity contribution in [3.8, 4) is 0 Å². The summed E-state index contributed by atoms with van der Waals surface area (Å²) < 4.78 is 85.6. The van der Waals surface area contributed by atoms with Crippen LogP contribution < -0.4 is 0 Å². The van der Waals surface area contributed by atoms with Crippen LogP contribution in [0.3, 0.4) is 0 Å². The summed E-state index contributed by atoms with van der Waals surface area (Å²) >= 11 is 0. The quantitative estimate of drug-likeness (QED) is 0.575. The maximum absolute atomic E-state index is 12.8. The zero-order chi connectivity index (χ0) is 26.4. The Bertz CT molecular complexity index is 1310. The van der Waals surface area contributed by atoms with Crippen molar-refractivity contribution in [2.45, 2.75) is 55.1 Å². The summed E-state index contributed by atoms with van der Waals surface area (Å²) in [7, 11) is -4.91. The first-order chi connectivity index (χ1) is 17.3. The molecular weight excluding hydrogens is 523 g/mol. The predicted molar refractivity (Wildman–Crippen MR) is 117 cm³/mol. The number of amides is 2. The average Bonchev–Trinajstić information content (AvgIpc) is 3.35. The molecule has 0 bridgehead atoms. The van der Waals surface area contributed by atoms with Gasteiger partial charge in [0.15, 0.2) is 9.73 Å². The summed E-state index contributed by atoms with van der Waals surface area (Å²) in [6.45, 7) is 2.95. The third kappa shape index (κ3) is 3.98. The van der Waals surface area contributed by atoms with E-state index in [4.69, 9.17) is 4.78 Å². The smallest absolute Gasteiger partial charge is 0.323 e. The number of carbonyl (C=O) groups excluding carboxylic acids is 1. The lowest BCUT2D eigenvalue weighted by Crippen LogP contribution is -2.71. The second kappa shape index (κ2) is 7.86. The molecule has 2 aromatic heterocycles. The second-order valence-electron chi connectivity index (χ2n) is 11.1. The monoisotopic (exact) mass is 548 g/mol. The van der Waals surface area contributed by atoms with E-state index in [0.29, 0.717) is 32.7 Å². The number of likely N-dealkylation sites (tertiary alicyclic amines) is 2. The number of hydrogen-bond acceptors (Lipinski definition) is 6. The lowest BCUT2D eigenvalue weighted by Gasteiger charge is -2.63. The summed E-state index contributed by atoms with van der Waals surface area (Å²) in [5.74, 6) is -0.273. The molecule has 2 aromatic rings. The fourth-order valence-electron chi connectivity index (χ4n) is 6.49. The zero-order valence-electron chi connectivity index (χ0n) is 19.6. The van der Waals surface area contributed by atoms with Crippen LogP contribution in [0.5, 0.6) is 0 Å². The van der Waals surface area contributed by atoms with E-state index in [9.17, 15) is 31.0 Å². The van der Waals surface area contributed by atoms with Gasteiger partial charge in [0.1, 0.15) is 6.33 Å². The van der Waals surface area contributed by atoms with Crippen LogP contribution in [0.1, 0.15) is 44.0 Å². The fraction of sp³-hybridized carbons (Fsp3) is 0.714. The van der Waals surface area contributed by atoms with Crippen LogP contribution in [0.25, 0.3) is 0 Å². The minimum absolute atomic E-state index is 0.00188. The molecular formula is C21H25F5N8O2S. The standard InChI is InChI=1S/C21H25F5N8O2S/c22-16(23)17-28-12-34(30-17)14-3-20(4-14)10-32(11-20)18(35)31-8-19(9-31)1-13(2-19)6-33-7-15(5-29-33)37(27,36)21(24,25)26/h5,7,12-14,16,27H,1-4,6,8-11H2. The highest BCUT2D eigenvalue weighted by Crippen LogP contribution is 2.56. The molecule has 2 saturated heterocycles. The minimum atomic E-state index is -5.14. The SMILES string of the molecule is N=S(=O)(c1cnn(CC2CC3(C2)CN(C(=O)N2CC4(CC(n5cnc(C(F)F)n5)C4)C2)C3)c1)C(F)(F)F. The molecule has 1 unspecified atom stereocenters. The summed E-state index contributed by atoms with van der Waals surface area (Å²) in [5, 5.41) is 7.70. The number of alkyl halides is 5. The molecule has 2 saturated carbocycles. The first-order valence-corrected chi connectivity index (χ1v) is 13.4. The van der Waals surface area contributed by atoms with Crippen molar-refractivity contribution in [1.82, 2.24) is 34.3 Å². The Labute approximate surface area is 208 Å². The van der Waals surface area contributed by atoms with Gasteiger partial charge in [-0.05, 0) is 31.6 Å².